The van der Waals surface area contributed by atoms with E-state index >= 15 is 0 Å². The van der Waals surface area contributed by atoms with E-state index in [4.69, 9.17) is 5.11 Å². The van der Waals surface area contributed by atoms with Crippen LogP contribution in [0.3, 0.4) is 0 Å². The van der Waals surface area contributed by atoms with Crippen LogP contribution in [0.4, 0.5) is 13.6 Å². The van der Waals surface area contributed by atoms with Gasteiger partial charge in [-0.1, -0.05) is 86.3 Å². The number of rotatable bonds is 14. The summed E-state index contributed by atoms with van der Waals surface area (Å²) in [6, 6.07) is 21.7. The van der Waals surface area contributed by atoms with Crippen LogP contribution < -0.4 is 10.6 Å². The summed E-state index contributed by atoms with van der Waals surface area (Å²) in [6.07, 6.45) is 8.63. The number of carbonyl (C=O) groups is 2. The average molecular weight is 563 g/mol. The molecule has 3 aromatic carbocycles. The first kappa shape index (κ1) is 30.2. The molecular weight excluding hydrogens is 522 g/mol. The van der Waals surface area contributed by atoms with Gasteiger partial charge in [0.15, 0.2) is 0 Å². The molecule has 1 aliphatic carbocycles. The van der Waals surface area contributed by atoms with Gasteiger partial charge in [-0.05, 0) is 72.1 Å². The van der Waals surface area contributed by atoms with E-state index in [-0.39, 0.29) is 24.1 Å². The Balaban J connectivity index is 1.71. The Kier molecular flexibility index (Phi) is 10.9. The minimum absolute atomic E-state index is 0.0887. The van der Waals surface area contributed by atoms with Crippen molar-refractivity contribution in [2.45, 2.75) is 88.9 Å². The number of hydrogen-bond acceptors (Lipinski definition) is 2. The summed E-state index contributed by atoms with van der Waals surface area (Å²) >= 11 is 0. The van der Waals surface area contributed by atoms with Crippen molar-refractivity contribution >= 4 is 12.0 Å². The van der Waals surface area contributed by atoms with Crippen LogP contribution in [0.1, 0.15) is 85.6 Å². The summed E-state index contributed by atoms with van der Waals surface area (Å²) in [5, 5.41) is 15.2. The molecular formula is C34H40F2N2O3. The van der Waals surface area contributed by atoms with Crippen molar-refractivity contribution in [3.8, 4) is 0 Å². The first-order chi connectivity index (χ1) is 19.9. The number of urea groups is 1. The van der Waals surface area contributed by atoms with Crippen LogP contribution >= 0.6 is 0 Å². The Morgan fingerprint density at radius 1 is 0.829 bits per heavy atom. The van der Waals surface area contributed by atoms with Crippen LogP contribution in [0.25, 0.3) is 0 Å². The van der Waals surface area contributed by atoms with Crippen molar-refractivity contribution in [3.05, 3.63) is 106 Å². The highest BCUT2D eigenvalue weighted by Crippen LogP contribution is 2.36. The van der Waals surface area contributed by atoms with E-state index in [1.165, 1.54) is 12.1 Å². The van der Waals surface area contributed by atoms with Gasteiger partial charge in [-0.2, -0.15) is 0 Å². The first-order valence-electron chi connectivity index (χ1n) is 14.7. The quantitative estimate of drug-likeness (QED) is 0.177. The number of carboxylic acid groups (broad SMARTS) is 1. The molecule has 3 N–H and O–H groups in total. The Morgan fingerprint density at radius 3 is 2.27 bits per heavy atom. The molecule has 0 aliphatic heterocycles. The van der Waals surface area contributed by atoms with Gasteiger partial charge in [-0.25, -0.2) is 13.6 Å². The van der Waals surface area contributed by atoms with Crippen molar-refractivity contribution in [1.29, 1.82) is 0 Å². The Hall–Kier alpha value is -3.74. The molecule has 0 spiro atoms. The number of aliphatic carboxylic acids is 1. The number of benzene rings is 3. The van der Waals surface area contributed by atoms with Crippen molar-refractivity contribution < 1.29 is 23.5 Å². The normalized spacial score (nSPS) is 14.9. The first-order valence-corrected chi connectivity index (χ1v) is 14.7. The fourth-order valence-corrected chi connectivity index (χ4v) is 5.87. The molecule has 3 aromatic rings. The van der Waals surface area contributed by atoms with Gasteiger partial charge in [0.25, 0.3) is 0 Å². The number of nitrogens with one attached hydrogen (secondary N) is 2. The molecule has 1 atom stereocenters. The van der Waals surface area contributed by atoms with E-state index in [1.54, 1.807) is 6.07 Å². The predicted octanol–water partition coefficient (Wildman–Crippen LogP) is 7.60. The second-order valence-electron chi connectivity index (χ2n) is 11.1. The molecule has 218 valence electrons. The van der Waals surface area contributed by atoms with Crippen LogP contribution in [0, 0.1) is 5.82 Å². The minimum atomic E-state index is -1.16. The largest absolute Gasteiger partial charge is 0.481 e. The number of carbonyl (C=O) groups excluding carboxylic acids is 1. The fraction of sp³-hybridized carbons (Fsp3) is 0.412. The molecule has 0 saturated heterocycles. The summed E-state index contributed by atoms with van der Waals surface area (Å²) in [7, 11) is 0. The van der Waals surface area contributed by atoms with Crippen LogP contribution in [0.15, 0.2) is 72.8 Å². The lowest BCUT2D eigenvalue weighted by Crippen LogP contribution is -2.53. The van der Waals surface area contributed by atoms with Crippen molar-refractivity contribution in [1.82, 2.24) is 10.6 Å². The molecule has 0 radical (unpaired) electrons. The summed E-state index contributed by atoms with van der Waals surface area (Å²) in [4.78, 5) is 24.4. The van der Waals surface area contributed by atoms with Gasteiger partial charge in [0.05, 0.1) is 5.54 Å². The monoisotopic (exact) mass is 562 g/mol. The Morgan fingerprint density at radius 2 is 1.54 bits per heavy atom. The van der Waals surface area contributed by atoms with E-state index in [2.05, 4.69) is 16.7 Å². The molecule has 1 saturated carbocycles. The minimum Gasteiger partial charge on any atom is -0.481 e. The van der Waals surface area contributed by atoms with Gasteiger partial charge < -0.3 is 15.7 Å². The van der Waals surface area contributed by atoms with E-state index in [9.17, 15) is 18.4 Å². The van der Waals surface area contributed by atoms with E-state index in [0.29, 0.717) is 18.4 Å². The van der Waals surface area contributed by atoms with Crippen LogP contribution in [-0.2, 0) is 29.8 Å². The second kappa shape index (κ2) is 14.8. The zero-order chi connectivity index (χ0) is 29.1. The smallest absolute Gasteiger partial charge is 0.315 e. The molecule has 0 aromatic heterocycles. The van der Waals surface area contributed by atoms with Gasteiger partial charge in [0.2, 0.25) is 0 Å². The third-order valence-corrected chi connectivity index (χ3v) is 7.96. The molecule has 2 amide bonds. The number of alkyl halides is 1. The molecule has 7 heteroatoms. The fourth-order valence-electron chi connectivity index (χ4n) is 5.87. The standard InChI is InChI=1S/C34H40F2N2O3/c35-24-27-20-29(22-30(36)21-27)34(23-26-12-5-3-6-13-26,38-33(41)37-31-16-8-9-17-31)28-15-10-14-25(19-28)11-4-1-2-7-18-32(39)40/h3,5-6,10,12-15,19-22,31H,1-2,4,7-9,11,16-18,23-24H2,(H,39,40)(H2,37,38,41). The summed E-state index contributed by atoms with van der Waals surface area (Å²) in [6.45, 7) is -0.817. The number of amides is 2. The molecule has 0 heterocycles. The van der Waals surface area contributed by atoms with Crippen molar-refractivity contribution in [2.75, 3.05) is 0 Å². The maximum absolute atomic E-state index is 14.9. The lowest BCUT2D eigenvalue weighted by molar-refractivity contribution is -0.137. The average Bonchev–Trinajstić information content (AvgIpc) is 3.47. The van der Waals surface area contributed by atoms with Gasteiger partial charge in [-0.15, -0.1) is 0 Å². The summed E-state index contributed by atoms with van der Waals surface area (Å²) in [5.41, 5.74) is 2.35. The van der Waals surface area contributed by atoms with Crippen LogP contribution in [0.5, 0.6) is 0 Å². The molecule has 1 fully saturated rings. The summed E-state index contributed by atoms with van der Waals surface area (Å²) in [5.74, 6) is -1.33. The van der Waals surface area contributed by atoms with Crippen LogP contribution in [-0.4, -0.2) is 23.1 Å². The van der Waals surface area contributed by atoms with Gasteiger partial charge in [0.1, 0.15) is 12.5 Å². The third kappa shape index (κ3) is 8.62. The van der Waals surface area contributed by atoms with E-state index in [0.717, 1.165) is 68.1 Å². The molecule has 4 rings (SSSR count). The molecule has 1 aliphatic rings. The van der Waals surface area contributed by atoms with Gasteiger partial charge in [-0.3, -0.25) is 4.79 Å². The second-order valence-corrected chi connectivity index (χ2v) is 11.1. The zero-order valence-electron chi connectivity index (χ0n) is 23.5. The number of hydrogen-bond donors (Lipinski definition) is 3. The number of unbranched alkanes of at least 4 members (excludes halogenated alkanes) is 3. The third-order valence-electron chi connectivity index (χ3n) is 7.96. The van der Waals surface area contributed by atoms with E-state index in [1.807, 2.05) is 48.5 Å². The number of halogens is 2. The Labute approximate surface area is 241 Å². The van der Waals surface area contributed by atoms with Gasteiger partial charge >= 0.3 is 12.0 Å². The lowest BCUT2D eigenvalue weighted by atomic mass is 9.77. The number of carboxylic acids is 1. The highest BCUT2D eigenvalue weighted by atomic mass is 19.1. The molecule has 5 nitrogen and oxygen atoms in total. The molecule has 1 unspecified atom stereocenters. The number of aryl methyl sites for hydroxylation is 1. The summed E-state index contributed by atoms with van der Waals surface area (Å²) < 4.78 is 28.8. The highest BCUT2D eigenvalue weighted by molar-refractivity contribution is 5.76. The molecule has 41 heavy (non-hydrogen) atoms. The van der Waals surface area contributed by atoms with Crippen molar-refractivity contribution in [2.24, 2.45) is 0 Å². The van der Waals surface area contributed by atoms with E-state index < -0.39 is 24.0 Å². The topological polar surface area (TPSA) is 78.4 Å². The molecule has 0 bridgehead atoms. The maximum atomic E-state index is 14.9. The highest BCUT2D eigenvalue weighted by Gasteiger charge is 2.38. The predicted molar refractivity (Wildman–Crippen MR) is 157 cm³/mol. The zero-order valence-corrected chi connectivity index (χ0v) is 23.5. The van der Waals surface area contributed by atoms with Gasteiger partial charge in [0, 0.05) is 18.9 Å². The SMILES string of the molecule is O=C(O)CCCCCCc1cccc(C(Cc2ccccc2)(NC(=O)NC2CCCC2)c2cc(F)cc(CF)c2)c1. The Bertz CT molecular complexity index is 1290. The lowest BCUT2D eigenvalue weighted by Gasteiger charge is -2.37. The van der Waals surface area contributed by atoms with Crippen molar-refractivity contribution in [3.63, 3.8) is 0 Å². The van der Waals surface area contributed by atoms with Crippen LogP contribution in [0.2, 0.25) is 0 Å². The maximum Gasteiger partial charge on any atom is 0.315 e.